The summed E-state index contributed by atoms with van der Waals surface area (Å²) in [6.45, 7) is 0.459. The van der Waals surface area contributed by atoms with Crippen LogP contribution >= 0.6 is 11.6 Å². The molecule has 5 rings (SSSR count). The van der Waals surface area contributed by atoms with Crippen molar-refractivity contribution < 1.29 is 13.9 Å². The van der Waals surface area contributed by atoms with E-state index in [1.165, 1.54) is 0 Å². The van der Waals surface area contributed by atoms with Crippen LogP contribution in [0.2, 0.25) is 5.02 Å². The third kappa shape index (κ3) is 5.28. The Morgan fingerprint density at radius 1 is 0.914 bits per heavy atom. The fraction of sp³-hybridized carbons (Fsp3) is 0.0714. The average Bonchev–Trinajstić information content (AvgIpc) is 3.56. The van der Waals surface area contributed by atoms with Gasteiger partial charge in [-0.25, -0.2) is 4.68 Å². The van der Waals surface area contributed by atoms with Crippen LogP contribution in [-0.4, -0.2) is 15.7 Å². The quantitative estimate of drug-likeness (QED) is 0.281. The van der Waals surface area contributed by atoms with Crippen molar-refractivity contribution in [3.63, 3.8) is 0 Å². The van der Waals surface area contributed by atoms with Gasteiger partial charge in [0.2, 0.25) is 0 Å². The summed E-state index contributed by atoms with van der Waals surface area (Å²) in [5.74, 6) is 0.970. The van der Waals surface area contributed by atoms with Crippen molar-refractivity contribution in [1.82, 2.24) is 15.1 Å². The molecule has 0 aliphatic carbocycles. The van der Waals surface area contributed by atoms with Crippen molar-refractivity contribution in [1.29, 1.82) is 0 Å². The lowest BCUT2D eigenvalue weighted by Gasteiger charge is -2.06. The Morgan fingerprint density at radius 2 is 1.63 bits per heavy atom. The Bertz CT molecular complexity index is 1430. The van der Waals surface area contributed by atoms with E-state index in [1.807, 2.05) is 83.7 Å². The summed E-state index contributed by atoms with van der Waals surface area (Å²) in [6.07, 6.45) is 1.93. The zero-order valence-corrected chi connectivity index (χ0v) is 19.5. The lowest BCUT2D eigenvalue weighted by Crippen LogP contribution is -2.22. The first-order valence-electron chi connectivity index (χ1n) is 11.1. The smallest absolute Gasteiger partial charge is 0.287 e. The lowest BCUT2D eigenvalue weighted by molar-refractivity contribution is 0.0919. The van der Waals surface area contributed by atoms with Gasteiger partial charge in [0.05, 0.1) is 16.4 Å². The maximum absolute atomic E-state index is 12.8. The molecular formula is C28H22ClN3O3. The number of hydrogen-bond acceptors (Lipinski definition) is 4. The Morgan fingerprint density at radius 3 is 2.40 bits per heavy atom. The Hall–Kier alpha value is -4.29. The van der Waals surface area contributed by atoms with E-state index < -0.39 is 0 Å². The summed E-state index contributed by atoms with van der Waals surface area (Å²) in [6, 6.07) is 30.3. The summed E-state index contributed by atoms with van der Waals surface area (Å²) in [4.78, 5) is 12.8. The van der Waals surface area contributed by atoms with Crippen LogP contribution in [0.4, 0.5) is 0 Å². The highest BCUT2D eigenvalue weighted by Crippen LogP contribution is 2.25. The molecule has 0 bridgehead atoms. The predicted molar refractivity (Wildman–Crippen MR) is 135 cm³/mol. The topological polar surface area (TPSA) is 69.3 Å². The summed E-state index contributed by atoms with van der Waals surface area (Å²) in [7, 11) is 0. The maximum Gasteiger partial charge on any atom is 0.287 e. The van der Waals surface area contributed by atoms with E-state index >= 15 is 0 Å². The molecule has 0 saturated carbocycles. The van der Waals surface area contributed by atoms with Crippen LogP contribution in [0.5, 0.6) is 5.75 Å². The van der Waals surface area contributed by atoms with Gasteiger partial charge in [-0.2, -0.15) is 5.10 Å². The molecule has 0 fully saturated rings. The van der Waals surface area contributed by atoms with Gasteiger partial charge in [0.25, 0.3) is 5.91 Å². The van der Waals surface area contributed by atoms with Gasteiger partial charge < -0.3 is 14.5 Å². The van der Waals surface area contributed by atoms with Crippen LogP contribution in [0, 0.1) is 0 Å². The van der Waals surface area contributed by atoms with E-state index in [-0.39, 0.29) is 18.3 Å². The number of nitrogens with zero attached hydrogens (tertiary/aromatic N) is 2. The van der Waals surface area contributed by atoms with Crippen LogP contribution in [0.25, 0.3) is 16.9 Å². The summed E-state index contributed by atoms with van der Waals surface area (Å²) < 4.78 is 13.2. The Labute approximate surface area is 207 Å². The van der Waals surface area contributed by atoms with E-state index in [9.17, 15) is 4.79 Å². The molecule has 0 saturated heterocycles. The van der Waals surface area contributed by atoms with E-state index in [0.29, 0.717) is 23.1 Å². The molecule has 5 aromatic rings. The number of ether oxygens (including phenoxy) is 1. The minimum absolute atomic E-state index is 0.166. The van der Waals surface area contributed by atoms with Gasteiger partial charge in [-0.3, -0.25) is 4.79 Å². The molecule has 0 unspecified atom stereocenters. The third-order valence-corrected chi connectivity index (χ3v) is 5.70. The molecule has 2 aromatic heterocycles. The van der Waals surface area contributed by atoms with Gasteiger partial charge in [0.1, 0.15) is 18.1 Å². The SMILES string of the molecule is O=C(NCc1cn(-c2ccccc2)nc1-c1ccccc1)c1ccc(COc2ccccc2Cl)o1. The molecule has 7 heteroatoms. The average molecular weight is 484 g/mol. The van der Waals surface area contributed by atoms with E-state index in [1.54, 1.807) is 24.3 Å². The van der Waals surface area contributed by atoms with Crippen molar-refractivity contribution in [2.75, 3.05) is 0 Å². The first-order valence-corrected chi connectivity index (χ1v) is 11.5. The molecule has 6 nitrogen and oxygen atoms in total. The number of carbonyl (C=O) groups is 1. The molecule has 0 atom stereocenters. The van der Waals surface area contributed by atoms with Gasteiger partial charge in [-0.05, 0) is 36.4 Å². The largest absolute Gasteiger partial charge is 0.484 e. The van der Waals surface area contributed by atoms with Crippen LogP contribution in [0.3, 0.4) is 0 Å². The molecule has 3 aromatic carbocycles. The first-order chi connectivity index (χ1) is 17.2. The van der Waals surface area contributed by atoms with Crippen LogP contribution in [-0.2, 0) is 13.2 Å². The number of hydrogen-bond donors (Lipinski definition) is 1. The normalized spacial score (nSPS) is 10.8. The Kier molecular flexibility index (Phi) is 6.63. The van der Waals surface area contributed by atoms with E-state index in [2.05, 4.69) is 5.32 Å². The molecule has 0 aliphatic heterocycles. The van der Waals surface area contributed by atoms with Crippen molar-refractivity contribution in [3.05, 3.63) is 125 Å². The summed E-state index contributed by atoms with van der Waals surface area (Å²) in [5.41, 5.74) is 3.62. The molecule has 1 amide bonds. The van der Waals surface area contributed by atoms with E-state index in [0.717, 1.165) is 22.5 Å². The molecule has 1 N–H and O–H groups in total. The molecular weight excluding hydrogens is 462 g/mol. The molecule has 2 heterocycles. The fourth-order valence-corrected chi connectivity index (χ4v) is 3.83. The maximum atomic E-state index is 12.8. The molecule has 0 radical (unpaired) electrons. The first kappa shape index (κ1) is 22.5. The monoisotopic (exact) mass is 483 g/mol. The van der Waals surface area contributed by atoms with Crippen molar-refractivity contribution in [2.24, 2.45) is 0 Å². The summed E-state index contributed by atoms with van der Waals surface area (Å²) in [5, 5.41) is 8.23. The number of aromatic nitrogens is 2. The van der Waals surface area contributed by atoms with Gasteiger partial charge in [-0.1, -0.05) is 72.3 Å². The number of amides is 1. The number of carbonyl (C=O) groups excluding carboxylic acids is 1. The fourth-order valence-electron chi connectivity index (χ4n) is 3.64. The molecule has 35 heavy (non-hydrogen) atoms. The van der Waals surface area contributed by atoms with Crippen molar-refractivity contribution in [2.45, 2.75) is 13.2 Å². The van der Waals surface area contributed by atoms with E-state index in [4.69, 9.17) is 25.9 Å². The number of furan rings is 1. The van der Waals surface area contributed by atoms with Crippen molar-refractivity contribution in [3.8, 4) is 22.7 Å². The number of rotatable bonds is 8. The van der Waals surface area contributed by atoms with Gasteiger partial charge in [0, 0.05) is 23.9 Å². The molecule has 174 valence electrons. The minimum atomic E-state index is -0.319. The number of benzene rings is 3. The standard InChI is InChI=1S/C28H22ClN3O3/c29-24-13-7-8-14-25(24)34-19-23-15-16-26(35-23)28(33)30-17-21-18-32(22-11-5-2-6-12-22)31-27(21)20-9-3-1-4-10-20/h1-16,18H,17,19H2,(H,30,33). The highest BCUT2D eigenvalue weighted by atomic mass is 35.5. The lowest BCUT2D eigenvalue weighted by atomic mass is 10.1. The van der Waals surface area contributed by atoms with Gasteiger partial charge >= 0.3 is 0 Å². The zero-order valence-electron chi connectivity index (χ0n) is 18.7. The molecule has 0 spiro atoms. The predicted octanol–water partition coefficient (Wildman–Crippen LogP) is 6.29. The minimum Gasteiger partial charge on any atom is -0.484 e. The second kappa shape index (κ2) is 10.3. The van der Waals surface area contributed by atoms with Crippen LogP contribution in [0.15, 0.2) is 108 Å². The van der Waals surface area contributed by atoms with Crippen LogP contribution in [0.1, 0.15) is 21.9 Å². The van der Waals surface area contributed by atoms with Crippen molar-refractivity contribution >= 4 is 17.5 Å². The third-order valence-electron chi connectivity index (χ3n) is 5.39. The number of para-hydroxylation sites is 2. The highest BCUT2D eigenvalue weighted by molar-refractivity contribution is 6.32. The zero-order chi connectivity index (χ0) is 24.0. The molecule has 0 aliphatic rings. The number of nitrogens with one attached hydrogen (secondary N) is 1. The van der Waals surface area contributed by atoms with Gasteiger partial charge in [-0.15, -0.1) is 0 Å². The second-order valence-electron chi connectivity index (χ2n) is 7.82. The second-order valence-corrected chi connectivity index (χ2v) is 8.22. The van der Waals surface area contributed by atoms with Crippen LogP contribution < -0.4 is 10.1 Å². The summed E-state index contributed by atoms with van der Waals surface area (Å²) >= 11 is 6.12. The number of halogens is 1. The Balaban J connectivity index is 1.29. The highest BCUT2D eigenvalue weighted by Gasteiger charge is 2.16. The van der Waals surface area contributed by atoms with Gasteiger partial charge in [0.15, 0.2) is 5.76 Å².